The minimum atomic E-state index is -1.09. The molecule has 0 spiro atoms. The third kappa shape index (κ3) is 5.47. The zero-order valence-electron chi connectivity index (χ0n) is 30.4. The smallest absolute Gasteiger partial charge is 0.329 e. The zero-order chi connectivity index (χ0) is 37.3. The van der Waals surface area contributed by atoms with Crippen LogP contribution in [0.15, 0.2) is 18.2 Å². The Morgan fingerprint density at radius 1 is 1.08 bits per heavy atom. The van der Waals surface area contributed by atoms with Crippen molar-refractivity contribution < 1.29 is 38.8 Å². The van der Waals surface area contributed by atoms with Crippen LogP contribution in [0.25, 0.3) is 0 Å². The summed E-state index contributed by atoms with van der Waals surface area (Å²) in [6.07, 6.45) is 3.44. The number of benzene rings is 2. The van der Waals surface area contributed by atoms with Gasteiger partial charge in [0.2, 0.25) is 18.6 Å². The molecule has 0 aromatic heterocycles. The molecule has 2 aromatic rings. The molecule has 0 aliphatic carbocycles. The number of amides is 2. The number of carbonyl (C=O) groups is 3. The van der Waals surface area contributed by atoms with E-state index in [4.69, 9.17) is 14.2 Å². The van der Waals surface area contributed by atoms with Crippen molar-refractivity contribution in [3.8, 4) is 29.1 Å². The molecule has 2 fully saturated rings. The van der Waals surface area contributed by atoms with Crippen LogP contribution in [0.1, 0.15) is 77.0 Å². The van der Waals surface area contributed by atoms with Crippen LogP contribution in [0, 0.1) is 38.0 Å². The SMILES string of the molecule is C/C=C/C(=O)NC(C(=O)N[C@H]1CS[C@@H]2c3c(O)c(C)c4c(c3[C@@H](COC1=O)N1C2[C@H]2c3c(cc(C)c(C)c3O)C[C@H]([C@@H]1C#N)N2C)OCO4)C(C)C. The standard InChI is InChI=1S/C38H45N5O8S/c1-8-9-25(44)41-29(16(2)3)37(47)40-21-14-52-36-28-27(35-34(50-15-51-35)19(6)33(28)46)24(13-49-38(21)48)43-23(12-39)22-11-20-10-17(4)18(5)32(45)26(20)30(31(36)43)42(22)7/h8-10,16,21-24,29-31,36,45-46H,11,13-15H2,1-7H3,(H,40,47)(H,41,44)/b9-8+/t21-,22+,23-,24+,29?,30+,31?,36+/m0/s1. The second kappa shape index (κ2) is 13.5. The van der Waals surface area contributed by atoms with Crippen LogP contribution in [0.5, 0.6) is 23.0 Å². The van der Waals surface area contributed by atoms with Gasteiger partial charge in [0, 0.05) is 40.1 Å². The van der Waals surface area contributed by atoms with Gasteiger partial charge in [-0.25, -0.2) is 4.79 Å². The van der Waals surface area contributed by atoms with Crippen molar-refractivity contribution in [1.82, 2.24) is 20.4 Å². The van der Waals surface area contributed by atoms with Gasteiger partial charge in [-0.05, 0) is 69.8 Å². The number of nitrogens with zero attached hydrogens (tertiary/aromatic N) is 3. The van der Waals surface area contributed by atoms with Crippen LogP contribution in [0.2, 0.25) is 0 Å². The second-order valence-electron chi connectivity index (χ2n) is 14.7. The first-order valence-electron chi connectivity index (χ1n) is 17.7. The Morgan fingerprint density at radius 2 is 1.79 bits per heavy atom. The van der Waals surface area contributed by atoms with Crippen LogP contribution >= 0.6 is 11.8 Å². The maximum Gasteiger partial charge on any atom is 0.329 e. The fourth-order valence-electron chi connectivity index (χ4n) is 8.82. The number of aromatic hydroxyl groups is 2. The first-order valence-corrected chi connectivity index (χ1v) is 18.7. The van der Waals surface area contributed by atoms with Gasteiger partial charge in [0.15, 0.2) is 11.5 Å². The number of nitrogens with one attached hydrogen (secondary N) is 2. The molecule has 2 saturated heterocycles. The third-order valence-electron chi connectivity index (χ3n) is 11.5. The van der Waals surface area contributed by atoms with E-state index in [2.05, 4.69) is 32.6 Å². The molecular weight excluding hydrogens is 687 g/mol. The molecule has 8 rings (SSSR count). The average molecular weight is 732 g/mol. The minimum absolute atomic E-state index is 0.0269. The molecule has 4 bridgehead atoms. The lowest BCUT2D eigenvalue weighted by Crippen LogP contribution is -2.69. The zero-order valence-corrected chi connectivity index (χ0v) is 31.2. The van der Waals surface area contributed by atoms with Crippen LogP contribution in [0.4, 0.5) is 0 Å². The summed E-state index contributed by atoms with van der Waals surface area (Å²) in [5.41, 5.74) is 5.22. The minimum Gasteiger partial charge on any atom is -0.507 e. The Balaban J connectivity index is 1.38. The van der Waals surface area contributed by atoms with Crippen molar-refractivity contribution >= 4 is 29.5 Å². The molecule has 6 heterocycles. The first kappa shape index (κ1) is 35.9. The summed E-state index contributed by atoms with van der Waals surface area (Å²) in [6, 6.07) is 0.129. The number of phenolic OH excluding ortho intramolecular Hbond substituents is 2. The van der Waals surface area contributed by atoms with Gasteiger partial charge in [0.25, 0.3) is 0 Å². The van der Waals surface area contributed by atoms with Gasteiger partial charge in [-0.15, -0.1) is 11.8 Å². The van der Waals surface area contributed by atoms with E-state index < -0.39 is 59.3 Å². The van der Waals surface area contributed by atoms with Crippen LogP contribution in [-0.2, 0) is 25.5 Å². The summed E-state index contributed by atoms with van der Waals surface area (Å²) in [7, 11) is 1.98. The Bertz CT molecular complexity index is 1930. The predicted molar refractivity (Wildman–Crippen MR) is 192 cm³/mol. The second-order valence-corrected chi connectivity index (χ2v) is 15.9. The largest absolute Gasteiger partial charge is 0.507 e. The van der Waals surface area contributed by atoms with Gasteiger partial charge in [-0.3, -0.25) is 19.4 Å². The monoisotopic (exact) mass is 731 g/mol. The molecule has 13 nitrogen and oxygen atoms in total. The number of hydrogen-bond acceptors (Lipinski definition) is 12. The number of hydrogen-bond donors (Lipinski definition) is 4. The molecule has 14 heteroatoms. The fourth-order valence-corrected chi connectivity index (χ4v) is 10.3. The molecule has 52 heavy (non-hydrogen) atoms. The van der Waals surface area contributed by atoms with Gasteiger partial charge < -0.3 is 35.1 Å². The quantitative estimate of drug-likeness (QED) is 0.261. The topological polar surface area (TPSA) is 174 Å². The normalized spacial score (nSPS) is 28.4. The van der Waals surface area contributed by atoms with Crippen molar-refractivity contribution in [3.05, 3.63) is 57.2 Å². The average Bonchev–Trinajstić information content (AvgIpc) is 3.60. The van der Waals surface area contributed by atoms with Gasteiger partial charge >= 0.3 is 5.97 Å². The summed E-state index contributed by atoms with van der Waals surface area (Å²) in [6.45, 7) is 10.7. The number of esters is 1. The molecule has 2 amide bonds. The lowest BCUT2D eigenvalue weighted by atomic mass is 9.71. The van der Waals surface area contributed by atoms with Gasteiger partial charge in [0.05, 0.1) is 23.4 Å². The predicted octanol–water partition coefficient (Wildman–Crippen LogP) is 3.51. The Kier molecular flexibility index (Phi) is 9.34. The number of rotatable bonds is 5. The van der Waals surface area contributed by atoms with Crippen molar-refractivity contribution in [2.24, 2.45) is 5.92 Å². The molecule has 6 aliphatic rings. The van der Waals surface area contributed by atoms with E-state index in [0.29, 0.717) is 34.6 Å². The van der Waals surface area contributed by atoms with Gasteiger partial charge in [0.1, 0.15) is 36.2 Å². The van der Waals surface area contributed by atoms with Gasteiger partial charge in [-0.1, -0.05) is 26.0 Å². The number of allylic oxidation sites excluding steroid dienone is 1. The van der Waals surface area contributed by atoms with Crippen molar-refractivity contribution in [2.75, 3.05) is 26.2 Å². The van der Waals surface area contributed by atoms with Crippen molar-refractivity contribution in [1.29, 1.82) is 5.26 Å². The first-order chi connectivity index (χ1) is 24.8. The lowest BCUT2D eigenvalue weighted by molar-refractivity contribution is -0.152. The highest BCUT2D eigenvalue weighted by molar-refractivity contribution is 7.99. The summed E-state index contributed by atoms with van der Waals surface area (Å²) in [4.78, 5) is 44.3. The lowest BCUT2D eigenvalue weighted by Gasteiger charge is -2.61. The molecule has 8 atom stereocenters. The fraction of sp³-hybridized carbons (Fsp3) is 0.526. The number of likely N-dealkylation sites (N-methyl/N-ethyl adjacent to an activating group) is 1. The number of fused-ring (bicyclic) bond motifs is 10. The Hall–Kier alpha value is -4.45. The number of ether oxygens (including phenoxy) is 3. The number of piperazine rings is 1. The molecule has 2 aromatic carbocycles. The summed E-state index contributed by atoms with van der Waals surface area (Å²) >= 11 is 1.37. The molecular formula is C38H45N5O8S. The highest BCUT2D eigenvalue weighted by Gasteiger charge is 2.60. The van der Waals surface area contributed by atoms with E-state index in [9.17, 15) is 29.9 Å². The highest BCUT2D eigenvalue weighted by Crippen LogP contribution is 2.63. The molecule has 2 unspecified atom stereocenters. The molecule has 4 N–H and O–H groups in total. The highest BCUT2D eigenvalue weighted by atomic mass is 32.2. The summed E-state index contributed by atoms with van der Waals surface area (Å²) < 4.78 is 18.0. The molecule has 0 saturated carbocycles. The maximum atomic E-state index is 13.9. The van der Waals surface area contributed by atoms with E-state index in [0.717, 1.165) is 22.3 Å². The summed E-state index contributed by atoms with van der Waals surface area (Å²) in [5.74, 6) is -0.738. The van der Waals surface area contributed by atoms with Crippen LogP contribution in [-0.4, -0.2) is 94.2 Å². The Morgan fingerprint density at radius 3 is 2.48 bits per heavy atom. The summed E-state index contributed by atoms with van der Waals surface area (Å²) in [5, 5.41) is 39.8. The Labute approximate surface area is 307 Å². The molecule has 6 aliphatic heterocycles. The van der Waals surface area contributed by atoms with E-state index >= 15 is 0 Å². The van der Waals surface area contributed by atoms with Crippen LogP contribution < -0.4 is 20.1 Å². The van der Waals surface area contributed by atoms with Crippen molar-refractivity contribution in [2.45, 2.75) is 95.5 Å². The van der Waals surface area contributed by atoms with E-state index in [-0.39, 0.29) is 42.6 Å². The van der Waals surface area contributed by atoms with E-state index in [1.165, 1.54) is 17.8 Å². The van der Waals surface area contributed by atoms with Crippen LogP contribution in [0.3, 0.4) is 0 Å². The number of phenols is 2. The van der Waals surface area contributed by atoms with E-state index in [1.54, 1.807) is 33.8 Å². The number of aryl methyl sites for hydroxylation is 1. The van der Waals surface area contributed by atoms with E-state index in [1.807, 2.05) is 20.9 Å². The van der Waals surface area contributed by atoms with Gasteiger partial charge in [-0.2, -0.15) is 5.26 Å². The third-order valence-corrected chi connectivity index (χ3v) is 12.9. The maximum absolute atomic E-state index is 13.9. The van der Waals surface area contributed by atoms with Crippen molar-refractivity contribution in [3.63, 3.8) is 0 Å². The number of thioether (sulfide) groups is 1. The molecule has 0 radical (unpaired) electrons. The molecule has 276 valence electrons. The number of nitriles is 1. The number of carbonyl (C=O) groups excluding carboxylic acids is 3.